The molecule has 0 amide bonds. The van der Waals surface area contributed by atoms with Crippen molar-refractivity contribution in [1.82, 2.24) is 10.2 Å². The third-order valence-electron chi connectivity index (χ3n) is 2.96. The molecule has 0 aliphatic carbocycles. The van der Waals surface area contributed by atoms with Crippen molar-refractivity contribution in [2.75, 3.05) is 26.2 Å². The Morgan fingerprint density at radius 2 is 2.06 bits per heavy atom. The highest BCUT2D eigenvalue weighted by Gasteiger charge is 2.37. The summed E-state index contributed by atoms with van der Waals surface area (Å²) in [4.78, 5) is 1.32. The van der Waals surface area contributed by atoms with E-state index in [0.29, 0.717) is 13.1 Å². The summed E-state index contributed by atoms with van der Waals surface area (Å²) in [6.07, 6.45) is -4.20. The molecule has 0 saturated carbocycles. The van der Waals surface area contributed by atoms with Crippen molar-refractivity contribution < 1.29 is 18.3 Å². The molecule has 0 spiro atoms. The van der Waals surface area contributed by atoms with Crippen molar-refractivity contribution >= 4 is 0 Å². The minimum absolute atomic E-state index is 0.0603. The minimum atomic E-state index is -4.20. The number of aliphatic hydroxyl groups is 1. The molecule has 16 heavy (non-hydrogen) atoms. The molecular weight excluding hydrogens is 221 g/mol. The third kappa shape index (κ3) is 3.92. The molecule has 1 rings (SSSR count). The number of hydrogen-bond acceptors (Lipinski definition) is 3. The van der Waals surface area contributed by atoms with Crippen LogP contribution < -0.4 is 5.32 Å². The Morgan fingerprint density at radius 3 is 2.50 bits per heavy atom. The SMILES string of the molecule is CC(C)C1CN(CC(F)(F)F)C(CO)CN1. The van der Waals surface area contributed by atoms with Gasteiger partial charge in [0.1, 0.15) is 0 Å². The molecule has 6 heteroatoms. The van der Waals surface area contributed by atoms with Crippen LogP contribution in [-0.2, 0) is 0 Å². The Labute approximate surface area is 93.6 Å². The van der Waals surface area contributed by atoms with E-state index in [1.54, 1.807) is 0 Å². The van der Waals surface area contributed by atoms with Gasteiger partial charge in [-0.25, -0.2) is 0 Å². The largest absolute Gasteiger partial charge is 0.401 e. The van der Waals surface area contributed by atoms with E-state index in [2.05, 4.69) is 5.32 Å². The molecular formula is C10H19F3N2O. The van der Waals surface area contributed by atoms with Gasteiger partial charge in [-0.3, -0.25) is 4.90 Å². The van der Waals surface area contributed by atoms with Gasteiger partial charge in [0, 0.05) is 25.2 Å². The van der Waals surface area contributed by atoms with Gasteiger partial charge in [-0.05, 0) is 5.92 Å². The molecule has 1 heterocycles. The number of halogens is 3. The number of hydrogen-bond donors (Lipinski definition) is 2. The van der Waals surface area contributed by atoms with Gasteiger partial charge in [-0.15, -0.1) is 0 Å². The zero-order valence-electron chi connectivity index (χ0n) is 9.59. The zero-order valence-corrected chi connectivity index (χ0v) is 9.59. The first-order valence-electron chi connectivity index (χ1n) is 5.48. The van der Waals surface area contributed by atoms with Crippen molar-refractivity contribution in [2.45, 2.75) is 32.1 Å². The molecule has 0 bridgehead atoms. The van der Waals surface area contributed by atoms with Crippen LogP contribution in [0.1, 0.15) is 13.8 Å². The number of rotatable bonds is 3. The van der Waals surface area contributed by atoms with Crippen molar-refractivity contribution in [3.8, 4) is 0 Å². The van der Waals surface area contributed by atoms with E-state index in [4.69, 9.17) is 5.11 Å². The smallest absolute Gasteiger partial charge is 0.395 e. The molecule has 1 saturated heterocycles. The van der Waals surface area contributed by atoms with Gasteiger partial charge in [-0.1, -0.05) is 13.8 Å². The van der Waals surface area contributed by atoms with E-state index in [9.17, 15) is 13.2 Å². The van der Waals surface area contributed by atoms with Crippen LogP contribution in [0.2, 0.25) is 0 Å². The average Bonchev–Trinajstić information content (AvgIpc) is 2.15. The summed E-state index contributed by atoms with van der Waals surface area (Å²) < 4.78 is 37.0. The maximum absolute atomic E-state index is 12.3. The maximum Gasteiger partial charge on any atom is 0.401 e. The molecule has 1 fully saturated rings. The molecule has 2 N–H and O–H groups in total. The molecule has 3 nitrogen and oxygen atoms in total. The number of nitrogens with zero attached hydrogens (tertiary/aromatic N) is 1. The highest BCUT2D eigenvalue weighted by molar-refractivity contribution is 4.88. The molecule has 2 unspecified atom stereocenters. The Kier molecular flexibility index (Phi) is 4.58. The summed E-state index contributed by atoms with van der Waals surface area (Å²) in [5, 5.41) is 12.2. The Morgan fingerprint density at radius 1 is 1.44 bits per heavy atom. The minimum Gasteiger partial charge on any atom is -0.395 e. The lowest BCUT2D eigenvalue weighted by atomic mass is 9.99. The molecule has 96 valence electrons. The van der Waals surface area contributed by atoms with Crippen LogP contribution >= 0.6 is 0 Å². The van der Waals surface area contributed by atoms with E-state index in [1.807, 2.05) is 13.8 Å². The molecule has 0 aromatic heterocycles. The lowest BCUT2D eigenvalue weighted by Gasteiger charge is -2.41. The molecule has 1 aliphatic heterocycles. The van der Waals surface area contributed by atoms with Gasteiger partial charge in [0.25, 0.3) is 0 Å². The third-order valence-corrected chi connectivity index (χ3v) is 2.96. The van der Waals surface area contributed by atoms with Crippen LogP contribution in [0.15, 0.2) is 0 Å². The first-order valence-corrected chi connectivity index (χ1v) is 5.48. The number of nitrogens with one attached hydrogen (secondary N) is 1. The fourth-order valence-corrected chi connectivity index (χ4v) is 1.93. The lowest BCUT2D eigenvalue weighted by Crippen LogP contribution is -2.60. The molecule has 2 atom stereocenters. The van der Waals surface area contributed by atoms with Gasteiger partial charge in [0.2, 0.25) is 0 Å². The molecule has 1 aliphatic rings. The van der Waals surface area contributed by atoms with Gasteiger partial charge >= 0.3 is 6.18 Å². The average molecular weight is 240 g/mol. The summed E-state index contributed by atoms with van der Waals surface area (Å²) in [6, 6.07) is -0.373. The van der Waals surface area contributed by atoms with Gasteiger partial charge in [0.05, 0.1) is 13.2 Å². The molecule has 0 radical (unpaired) electrons. The molecule has 0 aromatic rings. The molecule has 0 aromatic carbocycles. The normalized spacial score (nSPS) is 28.7. The summed E-state index contributed by atoms with van der Waals surface area (Å²) >= 11 is 0. The first kappa shape index (κ1) is 13.7. The van der Waals surface area contributed by atoms with Crippen molar-refractivity contribution in [1.29, 1.82) is 0 Å². The van der Waals surface area contributed by atoms with Crippen LogP contribution in [0.4, 0.5) is 13.2 Å². The highest BCUT2D eigenvalue weighted by Crippen LogP contribution is 2.21. The topological polar surface area (TPSA) is 35.5 Å². The summed E-state index contributed by atoms with van der Waals surface area (Å²) in [6.45, 7) is 3.51. The number of aliphatic hydroxyl groups excluding tert-OH is 1. The monoisotopic (exact) mass is 240 g/mol. The predicted molar refractivity (Wildman–Crippen MR) is 55.1 cm³/mol. The van der Waals surface area contributed by atoms with Crippen LogP contribution in [0.3, 0.4) is 0 Å². The van der Waals surface area contributed by atoms with Crippen molar-refractivity contribution in [3.05, 3.63) is 0 Å². The van der Waals surface area contributed by atoms with E-state index in [-0.39, 0.29) is 18.6 Å². The highest BCUT2D eigenvalue weighted by atomic mass is 19.4. The standard InChI is InChI=1S/C10H19F3N2O/c1-7(2)9-4-15(6-10(11,12)13)8(5-16)3-14-9/h7-9,14,16H,3-6H2,1-2H3. The maximum atomic E-state index is 12.3. The van der Waals surface area contributed by atoms with E-state index < -0.39 is 18.8 Å². The quantitative estimate of drug-likeness (QED) is 0.767. The predicted octanol–water partition coefficient (Wildman–Crippen LogP) is 0.839. The summed E-state index contributed by atoms with van der Waals surface area (Å²) in [7, 11) is 0. The Bertz CT molecular complexity index is 221. The van der Waals surface area contributed by atoms with Crippen LogP contribution in [0.5, 0.6) is 0 Å². The van der Waals surface area contributed by atoms with E-state index in [0.717, 1.165) is 0 Å². The van der Waals surface area contributed by atoms with Crippen LogP contribution in [-0.4, -0.2) is 54.5 Å². The second kappa shape index (κ2) is 5.33. The van der Waals surface area contributed by atoms with E-state index in [1.165, 1.54) is 4.90 Å². The second-order valence-electron chi connectivity index (χ2n) is 4.64. The zero-order chi connectivity index (χ0) is 12.3. The summed E-state index contributed by atoms with van der Waals surface area (Å²) in [5.41, 5.74) is 0. The fraction of sp³-hybridized carbons (Fsp3) is 1.00. The Balaban J connectivity index is 2.60. The first-order chi connectivity index (χ1) is 7.33. The van der Waals surface area contributed by atoms with Crippen LogP contribution in [0, 0.1) is 5.92 Å². The van der Waals surface area contributed by atoms with Crippen molar-refractivity contribution in [2.24, 2.45) is 5.92 Å². The number of alkyl halides is 3. The van der Waals surface area contributed by atoms with Crippen molar-refractivity contribution in [3.63, 3.8) is 0 Å². The Hall–Kier alpha value is -0.330. The van der Waals surface area contributed by atoms with Gasteiger partial charge < -0.3 is 10.4 Å². The summed E-state index contributed by atoms with van der Waals surface area (Å²) in [5.74, 6) is 0.287. The number of piperazine rings is 1. The van der Waals surface area contributed by atoms with Crippen LogP contribution in [0.25, 0.3) is 0 Å². The lowest BCUT2D eigenvalue weighted by molar-refractivity contribution is -0.156. The van der Waals surface area contributed by atoms with E-state index >= 15 is 0 Å². The van der Waals surface area contributed by atoms with Gasteiger partial charge in [0.15, 0.2) is 0 Å². The van der Waals surface area contributed by atoms with Gasteiger partial charge in [-0.2, -0.15) is 13.2 Å². The fourth-order valence-electron chi connectivity index (χ4n) is 1.93. The second-order valence-corrected chi connectivity index (χ2v) is 4.64.